The summed E-state index contributed by atoms with van der Waals surface area (Å²) in [7, 11) is 0. The van der Waals surface area contributed by atoms with E-state index >= 15 is 0 Å². The SMILES string of the molecule is Clc1nc2c(cnc3ccccc32)[nH]1. The fraction of sp³-hybridized carbons (Fsp3) is 0. The van der Waals surface area contributed by atoms with Crippen molar-refractivity contribution >= 4 is 33.5 Å². The van der Waals surface area contributed by atoms with E-state index in [-0.39, 0.29) is 0 Å². The second-order valence-electron chi connectivity index (χ2n) is 3.07. The highest BCUT2D eigenvalue weighted by molar-refractivity contribution is 6.29. The molecule has 0 bridgehead atoms. The van der Waals surface area contributed by atoms with Crippen molar-refractivity contribution in [2.45, 2.75) is 0 Å². The monoisotopic (exact) mass is 203 g/mol. The summed E-state index contributed by atoms with van der Waals surface area (Å²) in [6, 6.07) is 7.86. The maximum absolute atomic E-state index is 5.79. The largest absolute Gasteiger partial charge is 0.327 e. The molecule has 3 rings (SSSR count). The molecule has 2 heterocycles. The molecule has 3 nitrogen and oxygen atoms in total. The van der Waals surface area contributed by atoms with Crippen molar-refractivity contribution in [2.75, 3.05) is 0 Å². The van der Waals surface area contributed by atoms with Gasteiger partial charge in [-0.1, -0.05) is 18.2 Å². The molecule has 0 saturated heterocycles. The lowest BCUT2D eigenvalue weighted by molar-refractivity contribution is 1.34. The number of rotatable bonds is 0. The average Bonchev–Trinajstić information content (AvgIpc) is 2.59. The van der Waals surface area contributed by atoms with Gasteiger partial charge in [0, 0.05) is 5.39 Å². The van der Waals surface area contributed by atoms with Crippen LogP contribution in [0.15, 0.2) is 30.5 Å². The number of nitrogens with zero attached hydrogens (tertiary/aromatic N) is 2. The number of para-hydroxylation sites is 1. The Morgan fingerprint density at radius 2 is 2.07 bits per heavy atom. The number of pyridine rings is 1. The Balaban J connectivity index is 2.60. The number of hydrogen-bond donors (Lipinski definition) is 1. The molecule has 0 saturated carbocycles. The summed E-state index contributed by atoms with van der Waals surface area (Å²) >= 11 is 5.79. The van der Waals surface area contributed by atoms with Crippen molar-refractivity contribution in [3.63, 3.8) is 0 Å². The number of fused-ring (bicyclic) bond motifs is 3. The second kappa shape index (κ2) is 2.69. The minimum Gasteiger partial charge on any atom is -0.327 e. The van der Waals surface area contributed by atoms with Crippen molar-refractivity contribution < 1.29 is 0 Å². The van der Waals surface area contributed by atoms with Crippen LogP contribution in [0.4, 0.5) is 0 Å². The Bertz CT molecular complexity index is 615. The zero-order valence-electron chi connectivity index (χ0n) is 7.16. The summed E-state index contributed by atoms with van der Waals surface area (Å²) in [5, 5.41) is 1.42. The van der Waals surface area contributed by atoms with Crippen LogP contribution in [0, 0.1) is 0 Å². The van der Waals surface area contributed by atoms with Crippen molar-refractivity contribution in [1.29, 1.82) is 0 Å². The summed E-state index contributed by atoms with van der Waals surface area (Å²) in [5.74, 6) is 0. The van der Waals surface area contributed by atoms with Crippen molar-refractivity contribution in [2.24, 2.45) is 0 Å². The van der Waals surface area contributed by atoms with Crippen LogP contribution in [-0.2, 0) is 0 Å². The van der Waals surface area contributed by atoms with E-state index in [2.05, 4.69) is 15.0 Å². The first-order valence-electron chi connectivity index (χ1n) is 4.23. The van der Waals surface area contributed by atoms with Gasteiger partial charge in [0.2, 0.25) is 5.28 Å². The van der Waals surface area contributed by atoms with Gasteiger partial charge in [0.25, 0.3) is 0 Å². The lowest BCUT2D eigenvalue weighted by atomic mass is 10.2. The fourth-order valence-electron chi connectivity index (χ4n) is 1.58. The van der Waals surface area contributed by atoms with E-state index in [1.807, 2.05) is 24.3 Å². The highest BCUT2D eigenvalue weighted by Crippen LogP contribution is 2.22. The maximum atomic E-state index is 5.79. The zero-order valence-corrected chi connectivity index (χ0v) is 7.92. The molecule has 4 heteroatoms. The third-order valence-electron chi connectivity index (χ3n) is 2.19. The normalized spacial score (nSPS) is 11.2. The predicted octanol–water partition coefficient (Wildman–Crippen LogP) is 2.76. The van der Waals surface area contributed by atoms with E-state index in [1.165, 1.54) is 0 Å². The molecule has 0 unspecified atom stereocenters. The van der Waals surface area contributed by atoms with Gasteiger partial charge in [-0.3, -0.25) is 4.98 Å². The molecule has 0 spiro atoms. The van der Waals surface area contributed by atoms with Crippen LogP contribution < -0.4 is 0 Å². The smallest absolute Gasteiger partial charge is 0.201 e. The molecule has 1 N–H and O–H groups in total. The number of H-pyrrole nitrogens is 1. The Morgan fingerprint density at radius 1 is 1.21 bits per heavy atom. The van der Waals surface area contributed by atoms with Crippen LogP contribution in [0.25, 0.3) is 21.9 Å². The van der Waals surface area contributed by atoms with E-state index < -0.39 is 0 Å². The molecular weight excluding hydrogens is 198 g/mol. The minimum absolute atomic E-state index is 0.401. The highest BCUT2D eigenvalue weighted by atomic mass is 35.5. The van der Waals surface area contributed by atoms with Gasteiger partial charge in [-0.15, -0.1) is 0 Å². The van der Waals surface area contributed by atoms with Gasteiger partial charge >= 0.3 is 0 Å². The third-order valence-corrected chi connectivity index (χ3v) is 2.37. The predicted molar refractivity (Wildman–Crippen MR) is 56.4 cm³/mol. The van der Waals surface area contributed by atoms with E-state index in [1.54, 1.807) is 6.20 Å². The first-order valence-corrected chi connectivity index (χ1v) is 4.61. The van der Waals surface area contributed by atoms with E-state index in [4.69, 9.17) is 11.6 Å². The summed E-state index contributed by atoms with van der Waals surface area (Å²) in [5.41, 5.74) is 2.68. The number of nitrogens with one attached hydrogen (secondary N) is 1. The van der Waals surface area contributed by atoms with Crippen LogP contribution in [0.1, 0.15) is 0 Å². The molecule has 0 aliphatic heterocycles. The number of benzene rings is 1. The first kappa shape index (κ1) is 7.76. The quantitative estimate of drug-likeness (QED) is 0.611. The first-order chi connectivity index (χ1) is 6.84. The molecule has 0 radical (unpaired) electrons. The number of aromatic amines is 1. The average molecular weight is 204 g/mol. The van der Waals surface area contributed by atoms with Gasteiger partial charge in [0.05, 0.1) is 17.2 Å². The zero-order chi connectivity index (χ0) is 9.54. The van der Waals surface area contributed by atoms with Gasteiger partial charge in [-0.25, -0.2) is 4.98 Å². The molecule has 0 amide bonds. The van der Waals surface area contributed by atoms with Gasteiger partial charge in [-0.05, 0) is 17.7 Å². The van der Waals surface area contributed by atoms with Crippen molar-refractivity contribution in [3.8, 4) is 0 Å². The van der Waals surface area contributed by atoms with Crippen molar-refractivity contribution in [1.82, 2.24) is 15.0 Å². The van der Waals surface area contributed by atoms with Crippen LogP contribution in [-0.4, -0.2) is 15.0 Å². The van der Waals surface area contributed by atoms with Gasteiger partial charge in [0.1, 0.15) is 5.52 Å². The molecule has 14 heavy (non-hydrogen) atoms. The topological polar surface area (TPSA) is 41.6 Å². The molecule has 3 aromatic rings. The Labute approximate surface area is 84.7 Å². The van der Waals surface area contributed by atoms with E-state index in [0.29, 0.717) is 5.28 Å². The summed E-state index contributed by atoms with van der Waals surface area (Å²) in [4.78, 5) is 11.4. The number of aromatic nitrogens is 3. The maximum Gasteiger partial charge on any atom is 0.201 e. The minimum atomic E-state index is 0.401. The molecular formula is C10H6ClN3. The van der Waals surface area contributed by atoms with Crippen LogP contribution >= 0.6 is 11.6 Å². The van der Waals surface area contributed by atoms with Crippen LogP contribution in [0.5, 0.6) is 0 Å². The lowest BCUT2D eigenvalue weighted by Crippen LogP contribution is -1.79. The Kier molecular flexibility index (Phi) is 1.49. The standard InChI is InChI=1S/C10H6ClN3/c11-10-13-8-5-12-7-4-2-1-3-6(7)9(8)14-10/h1-5H,(H,13,14). The number of imidazole rings is 1. The van der Waals surface area contributed by atoms with Crippen LogP contribution in [0.2, 0.25) is 5.28 Å². The summed E-state index contributed by atoms with van der Waals surface area (Å²) in [6.07, 6.45) is 1.75. The molecule has 0 atom stereocenters. The summed E-state index contributed by atoms with van der Waals surface area (Å²) in [6.45, 7) is 0. The Morgan fingerprint density at radius 3 is 3.00 bits per heavy atom. The molecule has 0 aliphatic carbocycles. The molecule has 2 aromatic heterocycles. The van der Waals surface area contributed by atoms with Crippen LogP contribution in [0.3, 0.4) is 0 Å². The second-order valence-corrected chi connectivity index (χ2v) is 3.42. The summed E-state index contributed by atoms with van der Waals surface area (Å²) < 4.78 is 0. The molecule has 0 aliphatic rings. The van der Waals surface area contributed by atoms with E-state index in [9.17, 15) is 0 Å². The van der Waals surface area contributed by atoms with Gasteiger partial charge in [0.15, 0.2) is 0 Å². The van der Waals surface area contributed by atoms with Gasteiger partial charge in [-0.2, -0.15) is 0 Å². The lowest BCUT2D eigenvalue weighted by Gasteiger charge is -1.95. The molecule has 68 valence electrons. The Hall–Kier alpha value is -1.61. The van der Waals surface area contributed by atoms with Gasteiger partial charge < -0.3 is 4.98 Å². The highest BCUT2D eigenvalue weighted by Gasteiger charge is 2.04. The fourth-order valence-corrected chi connectivity index (χ4v) is 1.76. The third kappa shape index (κ3) is 0.992. The molecule has 1 aromatic carbocycles. The number of halogens is 1. The van der Waals surface area contributed by atoms with Crippen molar-refractivity contribution in [3.05, 3.63) is 35.7 Å². The van der Waals surface area contributed by atoms with E-state index in [0.717, 1.165) is 21.9 Å². The number of hydrogen-bond acceptors (Lipinski definition) is 2. The molecule has 0 fully saturated rings.